The minimum Gasteiger partial charge on any atom is -0.478 e. The zero-order valence-corrected chi connectivity index (χ0v) is 10.2. The van der Waals surface area contributed by atoms with E-state index in [1.807, 2.05) is 6.92 Å². The second-order valence-corrected chi connectivity index (χ2v) is 3.84. The van der Waals surface area contributed by atoms with E-state index in [1.54, 1.807) is 12.1 Å². The van der Waals surface area contributed by atoms with Crippen LogP contribution >= 0.6 is 0 Å². The highest BCUT2D eigenvalue weighted by Crippen LogP contribution is 2.13. The molecule has 2 N–H and O–H groups in total. The number of carboxylic acid groups (broad SMARTS) is 1. The zero-order valence-electron chi connectivity index (χ0n) is 10.2. The minimum absolute atomic E-state index is 0.00601. The Balaban J connectivity index is 2.14. The van der Waals surface area contributed by atoms with Crippen molar-refractivity contribution in [2.75, 3.05) is 5.32 Å². The summed E-state index contributed by atoms with van der Waals surface area (Å²) < 4.78 is 5.30. The normalized spacial score (nSPS) is 10.2. The van der Waals surface area contributed by atoms with Crippen molar-refractivity contribution in [2.45, 2.75) is 13.3 Å². The third-order valence-electron chi connectivity index (χ3n) is 2.48. The molecule has 98 valence electrons. The number of nitrogens with one attached hydrogen (secondary N) is 1. The number of carbonyl (C=O) groups is 2. The molecule has 0 aliphatic carbocycles. The maximum Gasteiger partial charge on any atom is 0.337 e. The number of carboxylic acids is 1. The van der Waals surface area contributed by atoms with Gasteiger partial charge in [-0.3, -0.25) is 9.78 Å². The van der Waals surface area contributed by atoms with E-state index in [1.165, 1.54) is 18.5 Å². The third-order valence-corrected chi connectivity index (χ3v) is 2.48. The van der Waals surface area contributed by atoms with Crippen LogP contribution in [0.25, 0.3) is 0 Å². The first-order valence-electron chi connectivity index (χ1n) is 5.68. The van der Waals surface area contributed by atoms with E-state index < -0.39 is 11.9 Å². The first kappa shape index (κ1) is 12.8. The summed E-state index contributed by atoms with van der Waals surface area (Å²) in [6, 6.07) is 4.63. The summed E-state index contributed by atoms with van der Waals surface area (Å²) in [5.74, 6) is -0.654. The van der Waals surface area contributed by atoms with Crippen molar-refractivity contribution < 1.29 is 19.1 Å². The predicted octanol–water partition coefficient (Wildman–Crippen LogP) is 2.19. The first-order chi connectivity index (χ1) is 9.10. The van der Waals surface area contributed by atoms with Crippen LogP contribution in [0.2, 0.25) is 0 Å². The second-order valence-electron chi connectivity index (χ2n) is 3.84. The monoisotopic (exact) mass is 260 g/mol. The Morgan fingerprint density at radius 1 is 1.37 bits per heavy atom. The number of hydrogen-bond donors (Lipinski definition) is 2. The smallest absolute Gasteiger partial charge is 0.337 e. The van der Waals surface area contributed by atoms with Gasteiger partial charge in [-0.15, -0.1) is 0 Å². The molecule has 0 aliphatic rings. The molecule has 0 bridgehead atoms. The molecule has 2 heterocycles. The van der Waals surface area contributed by atoms with Gasteiger partial charge in [0.2, 0.25) is 0 Å². The van der Waals surface area contributed by atoms with Crippen LogP contribution in [0.1, 0.15) is 33.6 Å². The third kappa shape index (κ3) is 2.98. The van der Waals surface area contributed by atoms with Crippen molar-refractivity contribution in [3.63, 3.8) is 0 Å². The molecule has 0 spiro atoms. The highest BCUT2D eigenvalue weighted by atomic mass is 16.4. The molecular weight excluding hydrogens is 248 g/mol. The van der Waals surface area contributed by atoms with Crippen LogP contribution in [-0.2, 0) is 6.42 Å². The zero-order chi connectivity index (χ0) is 13.8. The van der Waals surface area contributed by atoms with Crippen LogP contribution in [0.4, 0.5) is 5.69 Å². The minimum atomic E-state index is -1.10. The quantitative estimate of drug-likeness (QED) is 0.879. The van der Waals surface area contributed by atoms with Crippen LogP contribution < -0.4 is 5.32 Å². The lowest BCUT2D eigenvalue weighted by atomic mass is 10.2. The Hall–Kier alpha value is -2.63. The van der Waals surface area contributed by atoms with Gasteiger partial charge in [-0.05, 0) is 18.2 Å². The maximum absolute atomic E-state index is 11.8. The van der Waals surface area contributed by atoms with Crippen molar-refractivity contribution in [3.05, 3.63) is 47.7 Å². The average Bonchev–Trinajstić information content (AvgIpc) is 2.88. The predicted molar refractivity (Wildman–Crippen MR) is 67.2 cm³/mol. The maximum atomic E-state index is 11.8. The van der Waals surface area contributed by atoms with Gasteiger partial charge in [0.1, 0.15) is 5.76 Å². The second kappa shape index (κ2) is 5.34. The number of anilines is 1. The topological polar surface area (TPSA) is 92.4 Å². The Bertz CT molecular complexity index is 619. The number of furan rings is 1. The molecule has 0 saturated carbocycles. The molecule has 6 nitrogen and oxygen atoms in total. The molecule has 0 atom stereocenters. The number of aromatic nitrogens is 1. The van der Waals surface area contributed by atoms with E-state index in [0.717, 1.165) is 0 Å². The number of aryl methyl sites for hydroxylation is 1. The van der Waals surface area contributed by atoms with Gasteiger partial charge in [0, 0.05) is 12.6 Å². The molecule has 6 heteroatoms. The van der Waals surface area contributed by atoms with Crippen LogP contribution in [-0.4, -0.2) is 22.0 Å². The van der Waals surface area contributed by atoms with Gasteiger partial charge in [0.05, 0.1) is 17.4 Å². The summed E-state index contributed by atoms with van der Waals surface area (Å²) in [6.45, 7) is 1.92. The molecule has 0 aliphatic heterocycles. The van der Waals surface area contributed by atoms with Gasteiger partial charge >= 0.3 is 5.97 Å². The van der Waals surface area contributed by atoms with Gasteiger partial charge in [-0.1, -0.05) is 6.92 Å². The number of carbonyl (C=O) groups excluding carboxylic acids is 1. The number of hydrogen-bond acceptors (Lipinski definition) is 4. The summed E-state index contributed by atoms with van der Waals surface area (Å²) in [6.07, 6.45) is 3.28. The summed E-state index contributed by atoms with van der Waals surface area (Å²) in [5.41, 5.74) is 0.311. The van der Waals surface area contributed by atoms with Crippen LogP contribution in [0.15, 0.2) is 35.0 Å². The summed E-state index contributed by atoms with van der Waals surface area (Å²) in [7, 11) is 0. The molecule has 1 amide bonds. The van der Waals surface area contributed by atoms with E-state index in [0.29, 0.717) is 17.9 Å². The lowest BCUT2D eigenvalue weighted by molar-refractivity contribution is 0.0696. The molecule has 19 heavy (non-hydrogen) atoms. The highest BCUT2D eigenvalue weighted by Gasteiger charge is 2.12. The number of rotatable bonds is 4. The van der Waals surface area contributed by atoms with Crippen molar-refractivity contribution in [1.29, 1.82) is 0 Å². The molecule has 0 unspecified atom stereocenters. The highest BCUT2D eigenvalue weighted by molar-refractivity contribution is 6.02. The standard InChI is InChI=1S/C13H12N2O4/c1-2-10-3-4-11(19-10)12(16)15-9-5-8(13(17)18)6-14-7-9/h3-7H,2H2,1H3,(H,15,16)(H,17,18). The number of aromatic carboxylic acids is 1. The van der Waals surface area contributed by atoms with E-state index in [-0.39, 0.29) is 11.3 Å². The first-order valence-corrected chi connectivity index (χ1v) is 5.68. The fraction of sp³-hybridized carbons (Fsp3) is 0.154. The number of pyridine rings is 1. The Morgan fingerprint density at radius 2 is 2.16 bits per heavy atom. The van der Waals surface area contributed by atoms with E-state index >= 15 is 0 Å². The Morgan fingerprint density at radius 3 is 2.79 bits per heavy atom. The molecule has 0 radical (unpaired) electrons. The molecule has 2 aromatic rings. The van der Waals surface area contributed by atoms with Crippen LogP contribution in [0.3, 0.4) is 0 Å². The SMILES string of the molecule is CCc1ccc(C(=O)Nc2cncc(C(=O)O)c2)o1. The fourth-order valence-corrected chi connectivity index (χ4v) is 1.51. The van der Waals surface area contributed by atoms with Gasteiger partial charge in [0.15, 0.2) is 5.76 Å². The van der Waals surface area contributed by atoms with Crippen LogP contribution in [0, 0.1) is 0 Å². The van der Waals surface area contributed by atoms with E-state index in [9.17, 15) is 9.59 Å². The lowest BCUT2D eigenvalue weighted by Gasteiger charge is -2.03. The summed E-state index contributed by atoms with van der Waals surface area (Å²) in [4.78, 5) is 26.4. The van der Waals surface area contributed by atoms with Gasteiger partial charge in [-0.25, -0.2) is 4.79 Å². The number of nitrogens with zero attached hydrogens (tertiary/aromatic N) is 1. The van der Waals surface area contributed by atoms with Crippen molar-refractivity contribution in [2.24, 2.45) is 0 Å². The molecule has 0 saturated heterocycles. The lowest BCUT2D eigenvalue weighted by Crippen LogP contribution is -2.11. The van der Waals surface area contributed by atoms with E-state index in [4.69, 9.17) is 9.52 Å². The van der Waals surface area contributed by atoms with Gasteiger partial charge < -0.3 is 14.8 Å². The molecule has 2 rings (SSSR count). The van der Waals surface area contributed by atoms with Crippen molar-refractivity contribution in [1.82, 2.24) is 4.98 Å². The van der Waals surface area contributed by atoms with Crippen molar-refractivity contribution in [3.8, 4) is 0 Å². The molecule has 0 aromatic carbocycles. The van der Waals surface area contributed by atoms with E-state index in [2.05, 4.69) is 10.3 Å². The largest absolute Gasteiger partial charge is 0.478 e. The van der Waals surface area contributed by atoms with Gasteiger partial charge in [0.25, 0.3) is 5.91 Å². The summed E-state index contributed by atoms with van der Waals surface area (Å²) in [5, 5.41) is 11.4. The van der Waals surface area contributed by atoms with Crippen molar-refractivity contribution >= 4 is 17.6 Å². The van der Waals surface area contributed by atoms with Crippen LogP contribution in [0.5, 0.6) is 0 Å². The summed E-state index contributed by atoms with van der Waals surface area (Å²) >= 11 is 0. The Labute approximate surface area is 109 Å². The number of amides is 1. The van der Waals surface area contributed by atoms with Gasteiger partial charge in [-0.2, -0.15) is 0 Å². The Kier molecular flexibility index (Phi) is 3.61. The average molecular weight is 260 g/mol. The molecule has 0 fully saturated rings. The molecular formula is C13H12N2O4. The fourth-order valence-electron chi connectivity index (χ4n) is 1.51. The molecule has 2 aromatic heterocycles.